The number of nitrogens with zero attached hydrogens (tertiary/aromatic N) is 1. The van der Waals surface area contributed by atoms with Crippen LogP contribution in [0.25, 0.3) is 0 Å². The van der Waals surface area contributed by atoms with Gasteiger partial charge in [-0.05, 0) is 31.2 Å². The first-order valence-electron chi connectivity index (χ1n) is 6.82. The number of rotatable bonds is 5. The Balaban J connectivity index is 2.50. The van der Waals surface area contributed by atoms with Gasteiger partial charge in [0.1, 0.15) is 0 Å². The lowest BCUT2D eigenvalue weighted by molar-refractivity contribution is 0.164. The molecule has 0 aromatic rings. The third kappa shape index (κ3) is 4.75. The van der Waals surface area contributed by atoms with Crippen LogP contribution in [0.5, 0.6) is 0 Å². The molecule has 0 saturated heterocycles. The van der Waals surface area contributed by atoms with Gasteiger partial charge >= 0.3 is 0 Å². The van der Waals surface area contributed by atoms with E-state index in [0.29, 0.717) is 5.41 Å². The van der Waals surface area contributed by atoms with Crippen molar-refractivity contribution in [2.24, 2.45) is 11.3 Å². The average Bonchev–Trinajstić information content (AvgIpc) is 2.43. The van der Waals surface area contributed by atoms with E-state index in [0.717, 1.165) is 5.92 Å². The molecule has 1 rings (SSSR count). The Morgan fingerprint density at radius 3 is 2.12 bits per heavy atom. The molecule has 96 valence electrons. The van der Waals surface area contributed by atoms with Crippen molar-refractivity contribution in [3.8, 4) is 0 Å². The molecule has 1 aliphatic carbocycles. The Labute approximate surface area is 110 Å². The molecule has 0 N–H and O–H groups in total. The van der Waals surface area contributed by atoms with Gasteiger partial charge < -0.3 is 4.90 Å². The van der Waals surface area contributed by atoms with E-state index in [1.54, 1.807) is 0 Å². The molecule has 0 unspecified atom stereocenters. The van der Waals surface area contributed by atoms with Gasteiger partial charge in [0.15, 0.2) is 0 Å². The maximum Gasteiger partial charge on any atom is 0.0100 e. The molecule has 0 heterocycles. The summed E-state index contributed by atoms with van der Waals surface area (Å²) in [5, 5.41) is 1.18. The van der Waals surface area contributed by atoms with Crippen LogP contribution in [0.3, 0.4) is 0 Å². The van der Waals surface area contributed by atoms with Crippen LogP contribution < -0.4 is 0 Å². The SMILES string of the molecule is CC(C)CN(C)CC1(CBr)CCCCCC1. The van der Waals surface area contributed by atoms with E-state index in [9.17, 15) is 0 Å². The average molecular weight is 290 g/mol. The normalized spacial score (nSPS) is 21.4. The summed E-state index contributed by atoms with van der Waals surface area (Å²) in [6, 6.07) is 0. The molecular weight excluding hydrogens is 262 g/mol. The molecule has 16 heavy (non-hydrogen) atoms. The first kappa shape index (κ1) is 14.5. The predicted octanol–water partition coefficient (Wildman–Crippen LogP) is 4.31. The van der Waals surface area contributed by atoms with Crippen molar-refractivity contribution in [2.75, 3.05) is 25.5 Å². The lowest BCUT2D eigenvalue weighted by Gasteiger charge is -2.35. The molecule has 0 bridgehead atoms. The highest BCUT2D eigenvalue weighted by Gasteiger charge is 2.30. The van der Waals surface area contributed by atoms with Crippen molar-refractivity contribution >= 4 is 15.9 Å². The number of hydrogen-bond donors (Lipinski definition) is 0. The van der Waals surface area contributed by atoms with E-state index in [1.165, 1.54) is 56.9 Å². The van der Waals surface area contributed by atoms with E-state index in [4.69, 9.17) is 0 Å². The smallest absolute Gasteiger partial charge is 0.0100 e. The molecule has 0 radical (unpaired) electrons. The topological polar surface area (TPSA) is 3.24 Å². The molecule has 0 aromatic carbocycles. The lowest BCUT2D eigenvalue weighted by Crippen LogP contribution is -2.38. The number of alkyl halides is 1. The van der Waals surface area contributed by atoms with Gasteiger partial charge in [-0.1, -0.05) is 55.5 Å². The third-order valence-electron chi connectivity index (χ3n) is 3.73. The van der Waals surface area contributed by atoms with Crippen LogP contribution in [0.15, 0.2) is 0 Å². The van der Waals surface area contributed by atoms with Crippen LogP contribution in [0.4, 0.5) is 0 Å². The first-order chi connectivity index (χ1) is 7.58. The van der Waals surface area contributed by atoms with E-state index in [-0.39, 0.29) is 0 Å². The minimum absolute atomic E-state index is 0.556. The van der Waals surface area contributed by atoms with Crippen molar-refractivity contribution in [3.05, 3.63) is 0 Å². The zero-order valence-electron chi connectivity index (χ0n) is 11.3. The van der Waals surface area contributed by atoms with Crippen molar-refractivity contribution in [2.45, 2.75) is 52.4 Å². The molecule has 0 atom stereocenters. The maximum absolute atomic E-state index is 3.77. The summed E-state index contributed by atoms with van der Waals surface area (Å²) < 4.78 is 0. The van der Waals surface area contributed by atoms with Gasteiger partial charge in [-0.15, -0.1) is 0 Å². The highest BCUT2D eigenvalue weighted by molar-refractivity contribution is 9.09. The van der Waals surface area contributed by atoms with Gasteiger partial charge in [0.05, 0.1) is 0 Å². The van der Waals surface area contributed by atoms with Gasteiger partial charge in [0, 0.05) is 18.4 Å². The monoisotopic (exact) mass is 289 g/mol. The maximum atomic E-state index is 3.77. The van der Waals surface area contributed by atoms with Crippen LogP contribution in [-0.4, -0.2) is 30.4 Å². The summed E-state index contributed by atoms with van der Waals surface area (Å²) in [7, 11) is 2.29. The largest absolute Gasteiger partial charge is 0.306 e. The quantitative estimate of drug-likeness (QED) is 0.538. The third-order valence-corrected chi connectivity index (χ3v) is 4.92. The zero-order chi connectivity index (χ0) is 12.0. The molecule has 1 aliphatic rings. The summed E-state index contributed by atoms with van der Waals surface area (Å²) in [6.07, 6.45) is 8.59. The Kier molecular flexibility index (Phi) is 6.35. The Hall–Kier alpha value is 0.440. The highest BCUT2D eigenvalue weighted by atomic mass is 79.9. The molecule has 0 aromatic heterocycles. The summed E-state index contributed by atoms with van der Waals surface area (Å²) in [6.45, 7) is 7.12. The number of halogens is 1. The van der Waals surface area contributed by atoms with Crippen molar-refractivity contribution in [1.29, 1.82) is 0 Å². The second kappa shape index (κ2) is 7.00. The molecular formula is C14H28BrN. The molecule has 1 saturated carbocycles. The van der Waals surface area contributed by atoms with E-state index < -0.39 is 0 Å². The number of hydrogen-bond acceptors (Lipinski definition) is 1. The fourth-order valence-electron chi connectivity index (χ4n) is 3.07. The van der Waals surface area contributed by atoms with Crippen LogP contribution in [-0.2, 0) is 0 Å². The second-order valence-electron chi connectivity index (χ2n) is 6.14. The zero-order valence-corrected chi connectivity index (χ0v) is 12.9. The van der Waals surface area contributed by atoms with Crippen LogP contribution in [0.1, 0.15) is 52.4 Å². The van der Waals surface area contributed by atoms with Crippen molar-refractivity contribution in [1.82, 2.24) is 4.90 Å². The van der Waals surface area contributed by atoms with Gasteiger partial charge in [0.25, 0.3) is 0 Å². The van der Waals surface area contributed by atoms with Gasteiger partial charge in [-0.3, -0.25) is 0 Å². The Morgan fingerprint density at radius 1 is 1.12 bits per heavy atom. The van der Waals surface area contributed by atoms with Gasteiger partial charge in [-0.2, -0.15) is 0 Å². The van der Waals surface area contributed by atoms with Crippen LogP contribution >= 0.6 is 15.9 Å². The molecule has 0 spiro atoms. The van der Waals surface area contributed by atoms with Crippen LogP contribution in [0.2, 0.25) is 0 Å². The fraction of sp³-hybridized carbons (Fsp3) is 1.00. The summed E-state index contributed by atoms with van der Waals surface area (Å²) in [5.41, 5.74) is 0.556. The van der Waals surface area contributed by atoms with Crippen molar-refractivity contribution < 1.29 is 0 Å². The second-order valence-corrected chi connectivity index (χ2v) is 6.70. The van der Waals surface area contributed by atoms with Gasteiger partial charge in [0.2, 0.25) is 0 Å². The van der Waals surface area contributed by atoms with E-state index in [1.807, 2.05) is 0 Å². The standard InChI is InChI=1S/C14H28BrN/c1-13(2)10-16(3)12-14(11-15)8-6-4-5-7-9-14/h13H,4-12H2,1-3H3. The molecule has 2 heteroatoms. The minimum atomic E-state index is 0.556. The minimum Gasteiger partial charge on any atom is -0.306 e. The van der Waals surface area contributed by atoms with Gasteiger partial charge in [-0.25, -0.2) is 0 Å². The lowest BCUT2D eigenvalue weighted by atomic mass is 9.82. The molecule has 1 nitrogen and oxygen atoms in total. The molecule has 0 amide bonds. The van der Waals surface area contributed by atoms with E-state index >= 15 is 0 Å². The molecule has 1 fully saturated rings. The highest BCUT2D eigenvalue weighted by Crippen LogP contribution is 2.37. The first-order valence-corrected chi connectivity index (χ1v) is 7.95. The van der Waals surface area contributed by atoms with Crippen LogP contribution in [0, 0.1) is 11.3 Å². The predicted molar refractivity (Wildman–Crippen MR) is 76.3 cm³/mol. The summed E-state index contributed by atoms with van der Waals surface area (Å²) >= 11 is 3.77. The molecule has 0 aliphatic heterocycles. The van der Waals surface area contributed by atoms with E-state index in [2.05, 4.69) is 41.7 Å². The van der Waals surface area contributed by atoms with Crippen molar-refractivity contribution in [3.63, 3.8) is 0 Å². The summed E-state index contributed by atoms with van der Waals surface area (Å²) in [4.78, 5) is 2.54. The Bertz CT molecular complexity index is 183. The summed E-state index contributed by atoms with van der Waals surface area (Å²) in [5.74, 6) is 0.781. The Morgan fingerprint density at radius 2 is 1.69 bits per heavy atom. The fourth-order valence-corrected chi connectivity index (χ4v) is 3.81.